The molecule has 4 aromatic rings. The van der Waals surface area contributed by atoms with Crippen molar-refractivity contribution < 1.29 is 0 Å². The van der Waals surface area contributed by atoms with Crippen molar-refractivity contribution in [2.24, 2.45) is 5.92 Å². The van der Waals surface area contributed by atoms with Gasteiger partial charge in [0.2, 0.25) is 5.95 Å². The summed E-state index contributed by atoms with van der Waals surface area (Å²) in [5.74, 6) is 0.996. The normalized spacial score (nSPS) is 16.1. The fraction of sp³-hybridized carbons (Fsp3) is 0.429. The molecule has 1 aliphatic heterocycles. The van der Waals surface area contributed by atoms with E-state index >= 15 is 0 Å². The van der Waals surface area contributed by atoms with Crippen LogP contribution in [-0.4, -0.2) is 30.9 Å². The molecule has 2 aliphatic rings. The van der Waals surface area contributed by atoms with E-state index in [0.717, 1.165) is 49.4 Å². The second-order valence-corrected chi connectivity index (χ2v) is 11.1. The fourth-order valence-corrected chi connectivity index (χ4v) is 5.08. The quantitative estimate of drug-likeness (QED) is 0.436. The summed E-state index contributed by atoms with van der Waals surface area (Å²) in [6, 6.07) is 10.4. The first-order valence-corrected chi connectivity index (χ1v) is 12.9. The van der Waals surface area contributed by atoms with Crippen molar-refractivity contribution in [2.75, 3.05) is 11.9 Å². The van der Waals surface area contributed by atoms with Gasteiger partial charge in [-0.3, -0.25) is 9.78 Å². The van der Waals surface area contributed by atoms with Crippen LogP contribution >= 0.6 is 0 Å². The Morgan fingerprint density at radius 2 is 1.97 bits per heavy atom. The predicted octanol–water partition coefficient (Wildman–Crippen LogP) is 4.46. The summed E-state index contributed by atoms with van der Waals surface area (Å²) in [7, 11) is 0. The van der Waals surface area contributed by atoms with Crippen LogP contribution in [0, 0.1) is 5.92 Å². The number of hydrogen-bond acceptors (Lipinski definition) is 6. The number of pyridine rings is 1. The van der Waals surface area contributed by atoms with E-state index in [1.807, 2.05) is 21.6 Å². The van der Waals surface area contributed by atoms with E-state index in [1.165, 1.54) is 17.5 Å². The summed E-state index contributed by atoms with van der Waals surface area (Å²) in [4.78, 5) is 27.5. The number of rotatable bonds is 5. The van der Waals surface area contributed by atoms with Crippen LogP contribution in [0.3, 0.4) is 0 Å². The van der Waals surface area contributed by atoms with Gasteiger partial charge in [0.25, 0.3) is 5.56 Å². The van der Waals surface area contributed by atoms with Crippen LogP contribution in [0.2, 0.25) is 0 Å². The molecule has 0 amide bonds. The third-order valence-corrected chi connectivity index (χ3v) is 7.44. The topological polar surface area (TPSA) is 89.7 Å². The molecule has 0 unspecified atom stereocenters. The zero-order valence-corrected chi connectivity index (χ0v) is 21.2. The lowest BCUT2D eigenvalue weighted by atomic mass is 9.85. The standard InChI is InChI=1S/C28H33N7O/c1-28(2,3)24-14-22(10-12-30-24)35-25-23(26(36)34(35)17-18-5-4-6-18)16-31-27(33-25)32-21-8-7-19-9-11-29-15-20(19)13-21/h7-8,10,12-14,16,18,29H,4-6,9,11,15,17H2,1-3H3,(H,31,32,33). The molecule has 1 fully saturated rings. The van der Waals surface area contributed by atoms with E-state index in [9.17, 15) is 4.79 Å². The van der Waals surface area contributed by atoms with Gasteiger partial charge in [0.15, 0.2) is 5.65 Å². The molecular formula is C28H33N7O. The molecule has 0 saturated heterocycles. The van der Waals surface area contributed by atoms with Gasteiger partial charge in [-0.2, -0.15) is 4.98 Å². The van der Waals surface area contributed by atoms with Crippen molar-refractivity contribution in [1.29, 1.82) is 0 Å². The summed E-state index contributed by atoms with van der Waals surface area (Å²) in [6.07, 6.45) is 8.06. The van der Waals surface area contributed by atoms with Gasteiger partial charge < -0.3 is 10.6 Å². The van der Waals surface area contributed by atoms with Gasteiger partial charge in [-0.1, -0.05) is 33.3 Å². The molecule has 186 valence electrons. The average Bonchev–Trinajstić information content (AvgIpc) is 3.11. The maximum absolute atomic E-state index is 13.5. The highest BCUT2D eigenvalue weighted by Gasteiger charge is 2.25. The first-order valence-electron chi connectivity index (χ1n) is 12.9. The van der Waals surface area contributed by atoms with Gasteiger partial charge in [0, 0.05) is 42.3 Å². The number of anilines is 2. The summed E-state index contributed by atoms with van der Waals surface area (Å²) < 4.78 is 3.82. The number of hydrogen-bond donors (Lipinski definition) is 2. The lowest BCUT2D eigenvalue weighted by molar-refractivity contribution is 0.257. The number of nitrogens with one attached hydrogen (secondary N) is 2. The van der Waals surface area contributed by atoms with Gasteiger partial charge in [0.1, 0.15) is 5.39 Å². The molecule has 1 aliphatic carbocycles. The number of nitrogens with zero attached hydrogens (tertiary/aromatic N) is 5. The molecule has 8 heteroatoms. The highest BCUT2D eigenvalue weighted by Crippen LogP contribution is 2.30. The lowest BCUT2D eigenvalue weighted by Crippen LogP contribution is -2.29. The zero-order valence-electron chi connectivity index (χ0n) is 21.2. The Labute approximate surface area is 210 Å². The molecular weight excluding hydrogens is 450 g/mol. The Kier molecular flexibility index (Phi) is 5.63. The maximum atomic E-state index is 13.5. The number of fused-ring (bicyclic) bond motifs is 2. The minimum absolute atomic E-state index is 0.0440. The van der Waals surface area contributed by atoms with E-state index in [0.29, 0.717) is 29.4 Å². The van der Waals surface area contributed by atoms with Crippen molar-refractivity contribution in [3.8, 4) is 5.69 Å². The largest absolute Gasteiger partial charge is 0.324 e. The average molecular weight is 484 g/mol. The Bertz CT molecular complexity index is 1490. The lowest BCUT2D eigenvalue weighted by Gasteiger charge is -2.27. The van der Waals surface area contributed by atoms with E-state index in [2.05, 4.69) is 65.6 Å². The van der Waals surface area contributed by atoms with Gasteiger partial charge in [-0.05, 0) is 67.1 Å². The zero-order chi connectivity index (χ0) is 24.9. The molecule has 36 heavy (non-hydrogen) atoms. The molecule has 4 heterocycles. The molecule has 2 N–H and O–H groups in total. The second-order valence-electron chi connectivity index (χ2n) is 11.1. The summed E-state index contributed by atoms with van der Waals surface area (Å²) >= 11 is 0. The highest BCUT2D eigenvalue weighted by molar-refractivity contribution is 5.77. The van der Waals surface area contributed by atoms with Crippen LogP contribution in [0.4, 0.5) is 11.6 Å². The Hall–Kier alpha value is -3.52. The van der Waals surface area contributed by atoms with E-state index in [1.54, 1.807) is 6.20 Å². The van der Waals surface area contributed by atoms with Crippen LogP contribution in [0.25, 0.3) is 16.7 Å². The molecule has 0 spiro atoms. The summed E-state index contributed by atoms with van der Waals surface area (Å²) in [5.41, 5.74) is 5.94. The van der Waals surface area contributed by atoms with Crippen LogP contribution in [0.1, 0.15) is 56.9 Å². The van der Waals surface area contributed by atoms with Crippen molar-refractivity contribution in [2.45, 2.75) is 65.0 Å². The molecule has 1 saturated carbocycles. The Balaban J connectivity index is 1.45. The van der Waals surface area contributed by atoms with Crippen molar-refractivity contribution in [1.82, 2.24) is 29.6 Å². The molecule has 6 rings (SSSR count). The third-order valence-electron chi connectivity index (χ3n) is 7.44. The Morgan fingerprint density at radius 3 is 2.75 bits per heavy atom. The first kappa shape index (κ1) is 22.9. The summed E-state index contributed by atoms with van der Waals surface area (Å²) in [6.45, 7) is 9.00. The van der Waals surface area contributed by atoms with Crippen molar-refractivity contribution >= 4 is 22.7 Å². The minimum atomic E-state index is -0.110. The monoisotopic (exact) mass is 483 g/mol. The smallest absolute Gasteiger partial charge is 0.278 e. The van der Waals surface area contributed by atoms with Gasteiger partial charge in [-0.25, -0.2) is 14.3 Å². The highest BCUT2D eigenvalue weighted by atomic mass is 16.1. The van der Waals surface area contributed by atoms with Crippen LogP contribution < -0.4 is 16.2 Å². The van der Waals surface area contributed by atoms with Crippen molar-refractivity contribution in [3.63, 3.8) is 0 Å². The fourth-order valence-electron chi connectivity index (χ4n) is 5.08. The number of benzene rings is 1. The van der Waals surface area contributed by atoms with Crippen molar-refractivity contribution in [3.05, 3.63) is 69.9 Å². The third kappa shape index (κ3) is 4.19. The summed E-state index contributed by atoms with van der Waals surface area (Å²) in [5, 5.41) is 7.32. The number of aromatic nitrogens is 5. The molecule has 0 atom stereocenters. The van der Waals surface area contributed by atoms with E-state index < -0.39 is 0 Å². The van der Waals surface area contributed by atoms with Gasteiger partial charge >= 0.3 is 0 Å². The van der Waals surface area contributed by atoms with Crippen LogP contribution in [-0.2, 0) is 24.9 Å². The van der Waals surface area contributed by atoms with E-state index in [4.69, 9.17) is 4.98 Å². The van der Waals surface area contributed by atoms with Gasteiger partial charge in [-0.15, -0.1) is 0 Å². The maximum Gasteiger partial charge on any atom is 0.278 e. The van der Waals surface area contributed by atoms with Crippen LogP contribution in [0.5, 0.6) is 0 Å². The predicted molar refractivity (Wildman–Crippen MR) is 142 cm³/mol. The molecule has 0 radical (unpaired) electrons. The minimum Gasteiger partial charge on any atom is -0.324 e. The SMILES string of the molecule is CC(C)(C)c1cc(-n2c3nc(Nc4ccc5c(c4)CNCC5)ncc3c(=O)n2CC2CCC2)ccn1. The Morgan fingerprint density at radius 1 is 1.11 bits per heavy atom. The first-order chi connectivity index (χ1) is 17.4. The molecule has 0 bridgehead atoms. The molecule has 3 aromatic heterocycles. The molecule has 1 aromatic carbocycles. The second kappa shape index (κ2) is 8.85. The molecule has 8 nitrogen and oxygen atoms in total. The van der Waals surface area contributed by atoms with E-state index in [-0.39, 0.29) is 11.0 Å². The van der Waals surface area contributed by atoms with Gasteiger partial charge in [0.05, 0.1) is 5.69 Å². The van der Waals surface area contributed by atoms with Crippen LogP contribution in [0.15, 0.2) is 47.5 Å².